The number of piperazine rings is 1. The Labute approximate surface area is 174 Å². The molecule has 1 amide bonds. The molecule has 3 rings (SSSR count). The summed E-state index contributed by atoms with van der Waals surface area (Å²) in [4.78, 5) is 23.4. The highest BCUT2D eigenvalue weighted by molar-refractivity contribution is 14.0. The molecule has 3 aliphatic rings. The summed E-state index contributed by atoms with van der Waals surface area (Å²) in [6.07, 6.45) is 2.47. The van der Waals surface area contributed by atoms with Crippen LogP contribution < -0.4 is 5.32 Å². The van der Waals surface area contributed by atoms with Gasteiger partial charge in [0.2, 0.25) is 0 Å². The molecule has 150 valence electrons. The third-order valence-corrected chi connectivity index (χ3v) is 5.16. The SMILES string of the molecule is CN(C)C(CNC1=NCC2CN(C(=O)OC(C)(C)C)CCN12)C1CC1.I. The van der Waals surface area contributed by atoms with Crippen molar-refractivity contribution in [3.63, 3.8) is 0 Å². The molecule has 26 heavy (non-hydrogen) atoms. The number of amides is 1. The van der Waals surface area contributed by atoms with E-state index in [1.54, 1.807) is 0 Å². The van der Waals surface area contributed by atoms with Gasteiger partial charge in [-0.15, -0.1) is 24.0 Å². The molecule has 1 saturated carbocycles. The van der Waals surface area contributed by atoms with Gasteiger partial charge in [-0.3, -0.25) is 4.99 Å². The van der Waals surface area contributed by atoms with E-state index in [1.807, 2.05) is 25.7 Å². The molecular formula is C18H34IN5O2. The molecule has 2 atom stereocenters. The quantitative estimate of drug-likeness (QED) is 0.624. The second kappa shape index (κ2) is 8.50. The lowest BCUT2D eigenvalue weighted by molar-refractivity contribution is 0.0137. The zero-order valence-corrected chi connectivity index (χ0v) is 19.0. The summed E-state index contributed by atoms with van der Waals surface area (Å²) in [7, 11) is 4.31. The van der Waals surface area contributed by atoms with E-state index >= 15 is 0 Å². The van der Waals surface area contributed by atoms with Crippen molar-refractivity contribution in [3.05, 3.63) is 0 Å². The van der Waals surface area contributed by atoms with Crippen LogP contribution in [0.1, 0.15) is 33.6 Å². The number of carbonyl (C=O) groups excluding carboxylic acids is 1. The summed E-state index contributed by atoms with van der Waals surface area (Å²) in [6, 6.07) is 0.840. The molecular weight excluding hydrogens is 445 g/mol. The Morgan fingerprint density at radius 3 is 2.62 bits per heavy atom. The van der Waals surface area contributed by atoms with E-state index in [1.165, 1.54) is 12.8 Å². The normalized spacial score (nSPS) is 23.9. The maximum absolute atomic E-state index is 12.3. The average Bonchev–Trinajstić information content (AvgIpc) is 3.26. The molecule has 1 aliphatic carbocycles. The van der Waals surface area contributed by atoms with Gasteiger partial charge in [0.25, 0.3) is 0 Å². The predicted molar refractivity (Wildman–Crippen MR) is 114 cm³/mol. The number of rotatable bonds is 4. The number of nitrogens with zero attached hydrogens (tertiary/aromatic N) is 4. The van der Waals surface area contributed by atoms with Gasteiger partial charge in [0.05, 0.1) is 12.6 Å². The van der Waals surface area contributed by atoms with Crippen LogP contribution in [0.4, 0.5) is 4.79 Å². The fourth-order valence-corrected chi connectivity index (χ4v) is 3.67. The lowest BCUT2D eigenvalue weighted by Gasteiger charge is -2.39. The Kier molecular flexibility index (Phi) is 7.04. The Morgan fingerprint density at radius 2 is 2.04 bits per heavy atom. The number of halogens is 1. The van der Waals surface area contributed by atoms with Crippen LogP contribution in [0.25, 0.3) is 0 Å². The summed E-state index contributed by atoms with van der Waals surface area (Å²) in [5, 5.41) is 3.57. The van der Waals surface area contributed by atoms with Gasteiger partial charge < -0.3 is 24.8 Å². The molecule has 2 heterocycles. The molecule has 0 aromatic heterocycles. The highest BCUT2D eigenvalue weighted by Gasteiger charge is 2.37. The van der Waals surface area contributed by atoms with Crippen LogP contribution in [0.5, 0.6) is 0 Å². The Bertz CT molecular complexity index is 528. The molecule has 2 fully saturated rings. The number of hydrogen-bond acceptors (Lipinski definition) is 6. The van der Waals surface area contributed by atoms with E-state index in [-0.39, 0.29) is 36.1 Å². The summed E-state index contributed by atoms with van der Waals surface area (Å²) in [5.41, 5.74) is -0.447. The summed E-state index contributed by atoms with van der Waals surface area (Å²) in [5.74, 6) is 1.82. The van der Waals surface area contributed by atoms with Gasteiger partial charge in [-0.2, -0.15) is 0 Å². The first kappa shape index (κ1) is 21.5. The van der Waals surface area contributed by atoms with E-state index in [4.69, 9.17) is 9.73 Å². The molecule has 2 aliphatic heterocycles. The predicted octanol–water partition coefficient (Wildman–Crippen LogP) is 1.83. The fraction of sp³-hybridized carbons (Fsp3) is 0.889. The van der Waals surface area contributed by atoms with E-state index < -0.39 is 5.60 Å². The number of carbonyl (C=O) groups is 1. The molecule has 2 unspecified atom stereocenters. The molecule has 0 aromatic carbocycles. The third kappa shape index (κ3) is 5.37. The van der Waals surface area contributed by atoms with E-state index in [9.17, 15) is 4.79 Å². The number of hydrogen-bond donors (Lipinski definition) is 1. The van der Waals surface area contributed by atoms with Gasteiger partial charge in [-0.25, -0.2) is 4.79 Å². The maximum atomic E-state index is 12.3. The summed E-state index contributed by atoms with van der Waals surface area (Å²) in [6.45, 7) is 9.59. The molecule has 7 nitrogen and oxygen atoms in total. The van der Waals surface area contributed by atoms with Crippen LogP contribution >= 0.6 is 24.0 Å². The zero-order valence-electron chi connectivity index (χ0n) is 16.7. The van der Waals surface area contributed by atoms with Gasteiger partial charge in [-0.1, -0.05) is 0 Å². The number of ether oxygens (including phenoxy) is 1. The van der Waals surface area contributed by atoms with E-state index in [2.05, 4.69) is 29.2 Å². The molecule has 0 radical (unpaired) electrons. The fourth-order valence-electron chi connectivity index (χ4n) is 3.67. The van der Waals surface area contributed by atoms with E-state index in [0.29, 0.717) is 19.1 Å². The lowest BCUT2D eigenvalue weighted by atomic mass is 10.1. The van der Waals surface area contributed by atoms with Crippen LogP contribution in [0.2, 0.25) is 0 Å². The maximum Gasteiger partial charge on any atom is 0.410 e. The number of aliphatic imine (C=N–C) groups is 1. The van der Waals surface area contributed by atoms with Crippen molar-refractivity contribution < 1.29 is 9.53 Å². The van der Waals surface area contributed by atoms with Gasteiger partial charge >= 0.3 is 6.09 Å². The molecule has 8 heteroatoms. The average molecular weight is 479 g/mol. The Hall–Kier alpha value is -0.770. The number of fused-ring (bicyclic) bond motifs is 1. The van der Waals surface area contributed by atoms with Crippen molar-refractivity contribution >= 4 is 36.0 Å². The first-order valence-electron chi connectivity index (χ1n) is 9.44. The minimum absolute atomic E-state index is 0. The minimum atomic E-state index is -0.447. The minimum Gasteiger partial charge on any atom is -0.444 e. The van der Waals surface area contributed by atoms with E-state index in [0.717, 1.165) is 31.5 Å². The van der Waals surface area contributed by atoms with Gasteiger partial charge in [-0.05, 0) is 53.6 Å². The number of guanidine groups is 1. The standard InChI is InChI=1S/C18H33N5O2.HI/c1-18(2,3)25-17(24)22-8-9-23-14(12-22)10-19-16(23)20-11-15(21(4)5)13-6-7-13;/h13-15H,6-12H2,1-5H3,(H,19,20);1H. The third-order valence-electron chi connectivity index (χ3n) is 5.16. The zero-order chi connectivity index (χ0) is 18.2. The highest BCUT2D eigenvalue weighted by Crippen LogP contribution is 2.34. The van der Waals surface area contributed by atoms with Gasteiger partial charge in [0.15, 0.2) is 5.96 Å². The van der Waals surface area contributed by atoms with Crippen molar-refractivity contribution in [2.24, 2.45) is 10.9 Å². The number of likely N-dealkylation sites (N-methyl/N-ethyl adjacent to an activating group) is 1. The van der Waals surface area contributed by atoms with Crippen molar-refractivity contribution in [2.45, 2.75) is 51.3 Å². The highest BCUT2D eigenvalue weighted by atomic mass is 127. The second-order valence-electron chi connectivity index (χ2n) is 8.69. The molecule has 1 saturated heterocycles. The molecule has 0 bridgehead atoms. The Balaban J connectivity index is 0.00000243. The molecule has 0 aromatic rings. The monoisotopic (exact) mass is 479 g/mol. The van der Waals surface area contributed by atoms with Crippen molar-refractivity contribution in [3.8, 4) is 0 Å². The van der Waals surface area contributed by atoms with Crippen LogP contribution in [0, 0.1) is 5.92 Å². The van der Waals surface area contributed by atoms with Crippen molar-refractivity contribution in [2.75, 3.05) is 46.8 Å². The Morgan fingerprint density at radius 1 is 1.35 bits per heavy atom. The van der Waals surface area contributed by atoms with Crippen molar-refractivity contribution in [1.82, 2.24) is 20.0 Å². The van der Waals surface area contributed by atoms with Crippen LogP contribution in [-0.4, -0.2) is 91.3 Å². The number of nitrogens with one attached hydrogen (secondary N) is 1. The topological polar surface area (TPSA) is 60.4 Å². The van der Waals surface area contributed by atoms with Gasteiger partial charge in [0.1, 0.15) is 5.60 Å². The van der Waals surface area contributed by atoms with Crippen LogP contribution in [0.3, 0.4) is 0 Å². The van der Waals surface area contributed by atoms with Crippen molar-refractivity contribution in [1.29, 1.82) is 0 Å². The van der Waals surface area contributed by atoms with Gasteiger partial charge in [0, 0.05) is 32.2 Å². The molecule has 1 N–H and O–H groups in total. The lowest BCUT2D eigenvalue weighted by Crippen LogP contribution is -2.58. The van der Waals surface area contributed by atoms with Crippen LogP contribution in [0.15, 0.2) is 4.99 Å². The smallest absolute Gasteiger partial charge is 0.410 e. The summed E-state index contributed by atoms with van der Waals surface area (Å²) < 4.78 is 5.50. The first-order chi connectivity index (χ1) is 11.7. The second-order valence-corrected chi connectivity index (χ2v) is 8.69. The first-order valence-corrected chi connectivity index (χ1v) is 9.44. The largest absolute Gasteiger partial charge is 0.444 e. The summed E-state index contributed by atoms with van der Waals surface area (Å²) >= 11 is 0. The van der Waals surface area contributed by atoms with Crippen LogP contribution in [-0.2, 0) is 4.74 Å². The molecule has 0 spiro atoms.